The van der Waals surface area contributed by atoms with Crippen LogP contribution in [0.5, 0.6) is 0 Å². The van der Waals surface area contributed by atoms with Gasteiger partial charge in [0.2, 0.25) is 0 Å². The molecule has 0 aromatic heterocycles. The van der Waals surface area contributed by atoms with E-state index in [0.717, 1.165) is 25.8 Å². The van der Waals surface area contributed by atoms with Gasteiger partial charge in [-0.1, -0.05) is 24.3 Å². The number of aryl methyl sites for hydroxylation is 2. The van der Waals surface area contributed by atoms with Crippen LogP contribution < -0.4 is 5.32 Å². The average molecular weight is 383 g/mol. The highest BCUT2D eigenvalue weighted by Crippen LogP contribution is 2.27. The van der Waals surface area contributed by atoms with Crippen LogP contribution in [0.2, 0.25) is 0 Å². The first-order valence-electron chi connectivity index (χ1n) is 5.82. The van der Waals surface area contributed by atoms with Crippen molar-refractivity contribution in [3.63, 3.8) is 0 Å². The minimum Gasteiger partial charge on any atom is -0.321 e. The summed E-state index contributed by atoms with van der Waals surface area (Å²) in [6.07, 6.45) is 0. The molecule has 2 nitrogen and oxygen atoms in total. The van der Waals surface area contributed by atoms with Gasteiger partial charge < -0.3 is 5.32 Å². The fraction of sp³-hybridized carbons (Fsp3) is 0.133. The lowest BCUT2D eigenvalue weighted by Crippen LogP contribution is -2.13. The first-order chi connectivity index (χ1) is 9.00. The molecule has 0 aliphatic heterocycles. The van der Waals surface area contributed by atoms with E-state index < -0.39 is 0 Å². The molecular weight excluding hydrogens is 370 g/mol. The van der Waals surface area contributed by atoms with Crippen LogP contribution in [0.3, 0.4) is 0 Å². The standard InChI is InChI=1S/C15H13Br2NO/c1-9-5-3-7-11(13(9)16)15(19)18-12-8-4-6-10(2)14(12)17/h3-8H,1-2H3,(H,18,19). The Kier molecular flexibility index (Phi) is 4.42. The Morgan fingerprint density at radius 3 is 2.21 bits per heavy atom. The SMILES string of the molecule is Cc1cccc(NC(=O)c2cccc(C)c2Br)c1Br. The Morgan fingerprint density at radius 2 is 1.53 bits per heavy atom. The highest BCUT2D eigenvalue weighted by atomic mass is 79.9. The van der Waals surface area contributed by atoms with Crippen molar-refractivity contribution in [1.29, 1.82) is 0 Å². The summed E-state index contributed by atoms with van der Waals surface area (Å²) in [5.74, 6) is -0.123. The number of hydrogen-bond donors (Lipinski definition) is 1. The van der Waals surface area contributed by atoms with E-state index in [-0.39, 0.29) is 5.91 Å². The van der Waals surface area contributed by atoms with Crippen LogP contribution in [-0.2, 0) is 0 Å². The number of benzene rings is 2. The minimum atomic E-state index is -0.123. The van der Waals surface area contributed by atoms with E-state index in [9.17, 15) is 4.79 Å². The fourth-order valence-corrected chi connectivity index (χ4v) is 2.56. The molecule has 0 unspecified atom stereocenters. The maximum atomic E-state index is 12.3. The van der Waals surface area contributed by atoms with Crippen molar-refractivity contribution >= 4 is 43.5 Å². The number of halogens is 2. The van der Waals surface area contributed by atoms with Crippen molar-refractivity contribution in [2.75, 3.05) is 5.32 Å². The Labute approximate surface area is 129 Å². The highest BCUT2D eigenvalue weighted by Gasteiger charge is 2.13. The third-order valence-electron chi connectivity index (χ3n) is 2.88. The smallest absolute Gasteiger partial charge is 0.256 e. The monoisotopic (exact) mass is 381 g/mol. The lowest BCUT2D eigenvalue weighted by molar-refractivity contribution is 0.102. The summed E-state index contributed by atoms with van der Waals surface area (Å²) in [5.41, 5.74) is 3.53. The van der Waals surface area contributed by atoms with Gasteiger partial charge in [-0.15, -0.1) is 0 Å². The maximum absolute atomic E-state index is 12.3. The first kappa shape index (κ1) is 14.3. The predicted octanol–water partition coefficient (Wildman–Crippen LogP) is 5.08. The maximum Gasteiger partial charge on any atom is 0.256 e. The van der Waals surface area contributed by atoms with Crippen LogP contribution in [0.4, 0.5) is 5.69 Å². The Bertz CT molecular complexity index is 638. The molecule has 19 heavy (non-hydrogen) atoms. The number of anilines is 1. The van der Waals surface area contributed by atoms with Gasteiger partial charge in [-0.25, -0.2) is 0 Å². The van der Waals surface area contributed by atoms with Crippen molar-refractivity contribution in [2.45, 2.75) is 13.8 Å². The van der Waals surface area contributed by atoms with Gasteiger partial charge in [-0.05, 0) is 69.0 Å². The van der Waals surface area contributed by atoms with Crippen LogP contribution in [0.15, 0.2) is 45.3 Å². The highest BCUT2D eigenvalue weighted by molar-refractivity contribution is 9.11. The van der Waals surface area contributed by atoms with Gasteiger partial charge in [0.15, 0.2) is 0 Å². The number of rotatable bonds is 2. The van der Waals surface area contributed by atoms with Gasteiger partial charge >= 0.3 is 0 Å². The number of nitrogens with one attached hydrogen (secondary N) is 1. The third-order valence-corrected chi connectivity index (χ3v) is 4.98. The number of hydrogen-bond acceptors (Lipinski definition) is 1. The second-order valence-corrected chi connectivity index (χ2v) is 5.91. The van der Waals surface area contributed by atoms with E-state index in [2.05, 4.69) is 37.2 Å². The molecule has 0 heterocycles. The average Bonchev–Trinajstić information content (AvgIpc) is 2.38. The topological polar surface area (TPSA) is 29.1 Å². The molecule has 0 saturated heterocycles. The van der Waals surface area contributed by atoms with Crippen LogP contribution in [-0.4, -0.2) is 5.91 Å². The fourth-order valence-electron chi connectivity index (χ4n) is 1.76. The predicted molar refractivity (Wildman–Crippen MR) is 85.7 cm³/mol. The zero-order valence-corrected chi connectivity index (χ0v) is 13.8. The zero-order valence-electron chi connectivity index (χ0n) is 10.6. The van der Waals surface area contributed by atoms with Crippen LogP contribution >= 0.6 is 31.9 Å². The second-order valence-electron chi connectivity index (χ2n) is 4.33. The van der Waals surface area contributed by atoms with Crippen molar-refractivity contribution in [2.24, 2.45) is 0 Å². The molecular formula is C15H13Br2NO. The summed E-state index contributed by atoms with van der Waals surface area (Å²) in [6, 6.07) is 11.4. The molecule has 2 aromatic rings. The molecule has 0 radical (unpaired) electrons. The van der Waals surface area contributed by atoms with Gasteiger partial charge in [0.1, 0.15) is 0 Å². The van der Waals surface area contributed by atoms with E-state index in [0.29, 0.717) is 5.56 Å². The lowest BCUT2D eigenvalue weighted by Gasteiger charge is -2.11. The quantitative estimate of drug-likeness (QED) is 0.770. The van der Waals surface area contributed by atoms with Crippen molar-refractivity contribution in [1.82, 2.24) is 0 Å². The number of carbonyl (C=O) groups is 1. The van der Waals surface area contributed by atoms with Crippen LogP contribution in [0.1, 0.15) is 21.5 Å². The summed E-state index contributed by atoms with van der Waals surface area (Å²) < 4.78 is 1.74. The molecule has 0 aliphatic rings. The van der Waals surface area contributed by atoms with Crippen molar-refractivity contribution < 1.29 is 4.79 Å². The molecule has 1 N–H and O–H groups in total. The summed E-state index contributed by atoms with van der Waals surface area (Å²) >= 11 is 6.94. The Hall–Kier alpha value is -1.13. The largest absolute Gasteiger partial charge is 0.321 e. The molecule has 0 saturated carbocycles. The minimum absolute atomic E-state index is 0.123. The molecule has 0 aliphatic carbocycles. The Balaban J connectivity index is 2.31. The third kappa shape index (κ3) is 3.07. The van der Waals surface area contributed by atoms with E-state index in [1.54, 1.807) is 6.07 Å². The van der Waals surface area contributed by atoms with Crippen LogP contribution in [0.25, 0.3) is 0 Å². The number of amides is 1. The molecule has 2 aromatic carbocycles. The van der Waals surface area contributed by atoms with Crippen molar-refractivity contribution in [3.05, 3.63) is 62.0 Å². The molecule has 98 valence electrons. The van der Waals surface area contributed by atoms with E-state index in [4.69, 9.17) is 0 Å². The second kappa shape index (κ2) is 5.88. The molecule has 0 atom stereocenters. The van der Waals surface area contributed by atoms with E-state index >= 15 is 0 Å². The van der Waals surface area contributed by atoms with E-state index in [1.165, 1.54) is 0 Å². The van der Waals surface area contributed by atoms with Gasteiger partial charge in [-0.3, -0.25) is 4.79 Å². The molecule has 0 fully saturated rings. The van der Waals surface area contributed by atoms with Crippen LogP contribution in [0, 0.1) is 13.8 Å². The van der Waals surface area contributed by atoms with Gasteiger partial charge in [0, 0.05) is 8.95 Å². The van der Waals surface area contributed by atoms with E-state index in [1.807, 2.05) is 44.2 Å². The Morgan fingerprint density at radius 1 is 0.947 bits per heavy atom. The summed E-state index contributed by atoms with van der Waals surface area (Å²) in [7, 11) is 0. The molecule has 0 bridgehead atoms. The van der Waals surface area contributed by atoms with Crippen molar-refractivity contribution in [3.8, 4) is 0 Å². The summed E-state index contributed by atoms with van der Waals surface area (Å²) in [4.78, 5) is 12.3. The number of carbonyl (C=O) groups excluding carboxylic acids is 1. The van der Waals surface area contributed by atoms with Gasteiger partial charge in [-0.2, -0.15) is 0 Å². The summed E-state index contributed by atoms with van der Waals surface area (Å²) in [6.45, 7) is 3.95. The first-order valence-corrected chi connectivity index (χ1v) is 7.41. The molecule has 2 rings (SSSR count). The molecule has 0 spiro atoms. The molecule has 1 amide bonds. The lowest BCUT2D eigenvalue weighted by atomic mass is 10.1. The zero-order chi connectivity index (χ0) is 14.0. The molecule has 4 heteroatoms. The van der Waals surface area contributed by atoms with Gasteiger partial charge in [0.25, 0.3) is 5.91 Å². The summed E-state index contributed by atoms with van der Waals surface area (Å²) in [5, 5.41) is 2.92. The van der Waals surface area contributed by atoms with Gasteiger partial charge in [0.05, 0.1) is 11.3 Å². The normalized spacial score (nSPS) is 10.3.